The number of hydrogen-bond donors (Lipinski definition) is 0. The lowest BCUT2D eigenvalue weighted by Gasteiger charge is -2.14. The molecule has 2 nitrogen and oxygen atoms in total. The maximum absolute atomic E-state index is 6.09. The predicted molar refractivity (Wildman–Crippen MR) is 85.7 cm³/mol. The fourth-order valence-electron chi connectivity index (χ4n) is 2.19. The molecule has 0 saturated carbocycles. The summed E-state index contributed by atoms with van der Waals surface area (Å²) in [6, 6.07) is 14.4. The maximum Gasteiger partial charge on any atom is 0.138 e. The van der Waals surface area contributed by atoms with Crippen molar-refractivity contribution in [3.05, 3.63) is 53.1 Å². The summed E-state index contributed by atoms with van der Waals surface area (Å²) < 4.78 is 5.31. The quantitative estimate of drug-likeness (QED) is 0.821. The van der Waals surface area contributed by atoms with Gasteiger partial charge >= 0.3 is 0 Å². The Morgan fingerprint density at radius 3 is 2.55 bits per heavy atom. The summed E-state index contributed by atoms with van der Waals surface area (Å²) in [7, 11) is 5.82. The fraction of sp³-hybridized carbons (Fsp3) is 0.294. The van der Waals surface area contributed by atoms with Crippen LogP contribution in [0.5, 0.6) is 5.75 Å². The Labute approximate surface area is 125 Å². The molecule has 20 heavy (non-hydrogen) atoms. The van der Waals surface area contributed by atoms with Crippen molar-refractivity contribution in [2.75, 3.05) is 27.7 Å². The van der Waals surface area contributed by atoms with Gasteiger partial charge in [-0.05, 0) is 49.3 Å². The molecule has 0 N–H and O–H groups in total. The second-order valence-corrected chi connectivity index (χ2v) is 5.47. The molecule has 2 aromatic carbocycles. The van der Waals surface area contributed by atoms with Gasteiger partial charge in [0.05, 0.1) is 12.1 Å². The van der Waals surface area contributed by atoms with Crippen LogP contribution in [0.2, 0.25) is 5.02 Å². The molecule has 0 fully saturated rings. The molecule has 106 valence electrons. The molecular formula is C17H20ClNO. The molecule has 0 aliphatic heterocycles. The van der Waals surface area contributed by atoms with Gasteiger partial charge in [-0.25, -0.2) is 0 Å². The summed E-state index contributed by atoms with van der Waals surface area (Å²) in [4.78, 5) is 2.19. The predicted octanol–water partition coefficient (Wildman–Crippen LogP) is 4.12. The topological polar surface area (TPSA) is 12.5 Å². The molecule has 2 aromatic rings. The van der Waals surface area contributed by atoms with Gasteiger partial charge in [0.1, 0.15) is 5.75 Å². The smallest absolute Gasteiger partial charge is 0.138 e. The summed E-state index contributed by atoms with van der Waals surface area (Å²) in [5.74, 6) is 0.714. The van der Waals surface area contributed by atoms with Crippen LogP contribution < -0.4 is 4.74 Å². The van der Waals surface area contributed by atoms with Crippen molar-refractivity contribution >= 4 is 11.6 Å². The molecule has 2 rings (SSSR count). The van der Waals surface area contributed by atoms with Crippen LogP contribution in [0, 0.1) is 0 Å². The molecule has 0 spiro atoms. The third kappa shape index (κ3) is 3.53. The first kappa shape index (κ1) is 14.9. The van der Waals surface area contributed by atoms with Gasteiger partial charge in [-0.3, -0.25) is 0 Å². The van der Waals surface area contributed by atoms with E-state index >= 15 is 0 Å². The Morgan fingerprint density at radius 2 is 1.85 bits per heavy atom. The van der Waals surface area contributed by atoms with E-state index in [0.717, 1.165) is 18.5 Å². The van der Waals surface area contributed by atoms with Gasteiger partial charge in [-0.15, -0.1) is 0 Å². The van der Waals surface area contributed by atoms with Crippen LogP contribution in [0.1, 0.15) is 5.56 Å². The number of ether oxygens (including phenoxy) is 1. The van der Waals surface area contributed by atoms with Gasteiger partial charge in [0.15, 0.2) is 0 Å². The lowest BCUT2D eigenvalue weighted by Crippen LogP contribution is -2.15. The molecule has 0 heterocycles. The summed E-state index contributed by atoms with van der Waals surface area (Å²) in [6.07, 6.45) is 1.02. The number of likely N-dealkylation sites (N-methyl/N-ethyl adjacent to an activating group) is 1. The van der Waals surface area contributed by atoms with Crippen LogP contribution >= 0.6 is 11.6 Å². The highest BCUT2D eigenvalue weighted by Gasteiger charge is 2.08. The van der Waals surface area contributed by atoms with Gasteiger partial charge in [0, 0.05) is 6.54 Å². The van der Waals surface area contributed by atoms with Gasteiger partial charge < -0.3 is 9.64 Å². The molecule has 0 aliphatic carbocycles. The Balaban J connectivity index is 2.37. The van der Waals surface area contributed by atoms with E-state index in [9.17, 15) is 0 Å². The van der Waals surface area contributed by atoms with E-state index in [1.807, 2.05) is 18.2 Å². The zero-order chi connectivity index (χ0) is 14.5. The highest BCUT2D eigenvalue weighted by Crippen LogP contribution is 2.32. The van der Waals surface area contributed by atoms with Crippen LogP contribution in [0.15, 0.2) is 42.5 Å². The Morgan fingerprint density at radius 1 is 1.10 bits per heavy atom. The molecule has 0 atom stereocenters. The number of halogens is 1. The van der Waals surface area contributed by atoms with Crippen molar-refractivity contribution in [3.8, 4) is 16.9 Å². The van der Waals surface area contributed by atoms with E-state index in [2.05, 4.69) is 43.3 Å². The molecule has 0 amide bonds. The fourth-order valence-corrected chi connectivity index (χ4v) is 2.39. The van der Waals surface area contributed by atoms with E-state index in [1.54, 1.807) is 7.11 Å². The average Bonchev–Trinajstić information content (AvgIpc) is 2.46. The van der Waals surface area contributed by atoms with Gasteiger partial charge in [-0.2, -0.15) is 0 Å². The van der Waals surface area contributed by atoms with Crippen molar-refractivity contribution in [3.63, 3.8) is 0 Å². The number of methoxy groups -OCH3 is 1. The van der Waals surface area contributed by atoms with Crippen molar-refractivity contribution < 1.29 is 4.74 Å². The molecule has 0 saturated heterocycles. The van der Waals surface area contributed by atoms with Crippen LogP contribution in [-0.2, 0) is 6.42 Å². The van der Waals surface area contributed by atoms with Gasteiger partial charge in [-0.1, -0.05) is 41.9 Å². The zero-order valence-electron chi connectivity index (χ0n) is 12.2. The van der Waals surface area contributed by atoms with E-state index in [1.165, 1.54) is 11.1 Å². The lowest BCUT2D eigenvalue weighted by atomic mass is 9.97. The molecule has 0 aliphatic rings. The number of benzene rings is 2. The largest absolute Gasteiger partial charge is 0.495 e. The third-order valence-electron chi connectivity index (χ3n) is 3.31. The normalized spacial score (nSPS) is 10.8. The highest BCUT2D eigenvalue weighted by molar-refractivity contribution is 6.32. The zero-order valence-corrected chi connectivity index (χ0v) is 12.9. The Bertz CT molecular complexity index is 581. The van der Waals surface area contributed by atoms with Crippen LogP contribution in [0.3, 0.4) is 0 Å². The van der Waals surface area contributed by atoms with Crippen LogP contribution in [0.4, 0.5) is 0 Å². The van der Waals surface area contributed by atoms with Crippen LogP contribution in [0.25, 0.3) is 11.1 Å². The Kier molecular flexibility index (Phi) is 5.05. The summed E-state index contributed by atoms with van der Waals surface area (Å²) in [6.45, 7) is 1.03. The molecule has 0 radical (unpaired) electrons. The number of rotatable bonds is 5. The average molecular weight is 290 g/mol. The second-order valence-electron chi connectivity index (χ2n) is 5.06. The summed E-state index contributed by atoms with van der Waals surface area (Å²) in [5.41, 5.74) is 3.72. The van der Waals surface area contributed by atoms with Crippen molar-refractivity contribution in [2.45, 2.75) is 6.42 Å². The van der Waals surface area contributed by atoms with Crippen molar-refractivity contribution in [1.29, 1.82) is 0 Å². The minimum atomic E-state index is 0.641. The first-order chi connectivity index (χ1) is 9.61. The first-order valence-electron chi connectivity index (χ1n) is 6.68. The second kappa shape index (κ2) is 6.78. The molecule has 0 unspecified atom stereocenters. The van der Waals surface area contributed by atoms with Crippen molar-refractivity contribution in [1.82, 2.24) is 4.90 Å². The summed E-state index contributed by atoms with van der Waals surface area (Å²) in [5, 5.41) is 0.641. The van der Waals surface area contributed by atoms with Gasteiger partial charge in [0.25, 0.3) is 0 Å². The molecule has 3 heteroatoms. The van der Waals surface area contributed by atoms with Crippen molar-refractivity contribution in [2.24, 2.45) is 0 Å². The standard InChI is InChI=1S/C17H20ClNO/c1-19(2)11-10-13-6-4-5-7-15(13)14-8-9-16(18)17(12-14)20-3/h4-9,12H,10-11H2,1-3H3. The van der Waals surface area contributed by atoms with Gasteiger partial charge in [0.2, 0.25) is 0 Å². The SMILES string of the molecule is COc1cc(-c2ccccc2CCN(C)C)ccc1Cl. The van der Waals surface area contributed by atoms with E-state index < -0.39 is 0 Å². The monoisotopic (exact) mass is 289 g/mol. The number of hydrogen-bond acceptors (Lipinski definition) is 2. The molecule has 0 aromatic heterocycles. The first-order valence-corrected chi connectivity index (χ1v) is 7.06. The third-order valence-corrected chi connectivity index (χ3v) is 3.62. The Hall–Kier alpha value is -1.51. The van der Waals surface area contributed by atoms with E-state index in [4.69, 9.17) is 16.3 Å². The summed E-state index contributed by atoms with van der Waals surface area (Å²) >= 11 is 6.09. The van der Waals surface area contributed by atoms with E-state index in [-0.39, 0.29) is 0 Å². The van der Waals surface area contributed by atoms with E-state index in [0.29, 0.717) is 10.8 Å². The minimum Gasteiger partial charge on any atom is -0.495 e. The van der Waals surface area contributed by atoms with Crippen LogP contribution in [-0.4, -0.2) is 32.6 Å². The number of nitrogens with zero attached hydrogens (tertiary/aromatic N) is 1. The maximum atomic E-state index is 6.09. The molecular weight excluding hydrogens is 270 g/mol. The molecule has 0 bridgehead atoms. The highest BCUT2D eigenvalue weighted by atomic mass is 35.5. The lowest BCUT2D eigenvalue weighted by molar-refractivity contribution is 0.413. The minimum absolute atomic E-state index is 0.641.